The van der Waals surface area contributed by atoms with Gasteiger partial charge in [-0.3, -0.25) is 14.6 Å². The van der Waals surface area contributed by atoms with Gasteiger partial charge in [-0.15, -0.1) is 0 Å². The number of urea groups is 1. The second-order valence-electron chi connectivity index (χ2n) is 8.18. The number of likely N-dealkylation sites (N-methyl/N-ethyl adjacent to an activating group) is 1. The zero-order valence-corrected chi connectivity index (χ0v) is 19.5. The molecule has 0 saturated carbocycles. The quantitative estimate of drug-likeness (QED) is 0.618. The molecule has 1 aromatic carbocycles. The van der Waals surface area contributed by atoms with Crippen LogP contribution < -0.4 is 5.32 Å². The van der Waals surface area contributed by atoms with Crippen LogP contribution in [0.1, 0.15) is 25.5 Å². The topological polar surface area (TPSA) is 91.4 Å². The van der Waals surface area contributed by atoms with Gasteiger partial charge in [-0.2, -0.15) is 0 Å². The van der Waals surface area contributed by atoms with Gasteiger partial charge < -0.3 is 19.7 Å². The third-order valence-electron chi connectivity index (χ3n) is 5.93. The van der Waals surface area contributed by atoms with Crippen molar-refractivity contribution in [3.8, 4) is 0 Å². The molecule has 2 atom stereocenters. The van der Waals surface area contributed by atoms with Gasteiger partial charge in [0.15, 0.2) is 0 Å². The van der Waals surface area contributed by atoms with Crippen molar-refractivity contribution < 1.29 is 28.2 Å². The van der Waals surface area contributed by atoms with E-state index < -0.39 is 23.9 Å². The van der Waals surface area contributed by atoms with Crippen molar-refractivity contribution in [3.05, 3.63) is 46.9 Å². The van der Waals surface area contributed by atoms with Crippen molar-refractivity contribution in [2.24, 2.45) is 0 Å². The van der Waals surface area contributed by atoms with Gasteiger partial charge in [0.1, 0.15) is 12.4 Å². The maximum atomic E-state index is 13.9. The van der Waals surface area contributed by atoms with E-state index in [9.17, 15) is 18.8 Å². The Morgan fingerprint density at radius 3 is 2.67 bits per heavy atom. The van der Waals surface area contributed by atoms with Crippen molar-refractivity contribution in [1.29, 1.82) is 0 Å². The number of halogens is 1. The first-order valence-corrected chi connectivity index (χ1v) is 11.0. The standard InChI is InChI=1S/C23H31FN4O5/c1-5-33-22(30)20-18(13-27-9-10-28(15(2)12-27)19(29)14-32-4)26(3)23(31)25-21(20)16-7-6-8-17(24)11-16/h6-8,11,15,21H,5,9-10,12-14H2,1-4H3,(H,25,31)/t15-,21-/m0/s1. The monoisotopic (exact) mass is 462 g/mol. The molecule has 1 aromatic rings. The smallest absolute Gasteiger partial charge is 0.338 e. The third-order valence-corrected chi connectivity index (χ3v) is 5.93. The maximum Gasteiger partial charge on any atom is 0.338 e. The number of rotatable bonds is 7. The summed E-state index contributed by atoms with van der Waals surface area (Å²) in [5, 5.41) is 2.79. The molecular weight excluding hydrogens is 431 g/mol. The van der Waals surface area contributed by atoms with Crippen LogP contribution in [-0.2, 0) is 19.1 Å². The number of nitrogens with one attached hydrogen (secondary N) is 1. The highest BCUT2D eigenvalue weighted by atomic mass is 19.1. The zero-order chi connectivity index (χ0) is 24.1. The summed E-state index contributed by atoms with van der Waals surface area (Å²) in [4.78, 5) is 43.3. The van der Waals surface area contributed by atoms with E-state index in [0.717, 1.165) is 0 Å². The molecule has 2 aliphatic heterocycles. The van der Waals surface area contributed by atoms with Crippen molar-refractivity contribution in [1.82, 2.24) is 20.0 Å². The van der Waals surface area contributed by atoms with Gasteiger partial charge in [0.2, 0.25) is 5.91 Å². The van der Waals surface area contributed by atoms with Crippen LogP contribution in [0.25, 0.3) is 0 Å². The highest BCUT2D eigenvalue weighted by Gasteiger charge is 2.38. The normalized spacial score (nSPS) is 21.8. The van der Waals surface area contributed by atoms with Crippen LogP contribution in [0.15, 0.2) is 35.5 Å². The van der Waals surface area contributed by atoms with Gasteiger partial charge in [0.05, 0.1) is 18.2 Å². The SMILES string of the molecule is CCOC(=O)C1=C(CN2CCN(C(=O)COC)[C@@H](C)C2)N(C)C(=O)N[C@H]1c1cccc(F)c1. The Kier molecular flexibility index (Phi) is 8.04. The Balaban J connectivity index is 1.93. The molecule has 0 unspecified atom stereocenters. The maximum absolute atomic E-state index is 13.9. The number of carbonyl (C=O) groups is 3. The van der Waals surface area contributed by atoms with Crippen LogP contribution in [0.2, 0.25) is 0 Å². The number of nitrogens with zero attached hydrogens (tertiary/aromatic N) is 3. The first-order chi connectivity index (χ1) is 15.8. The minimum Gasteiger partial charge on any atom is -0.463 e. The summed E-state index contributed by atoms with van der Waals surface area (Å²) in [6.45, 7) is 5.80. The molecule has 0 spiro atoms. The van der Waals surface area contributed by atoms with Crippen molar-refractivity contribution in [2.45, 2.75) is 25.9 Å². The summed E-state index contributed by atoms with van der Waals surface area (Å²) < 4.78 is 24.2. The van der Waals surface area contributed by atoms with Crippen LogP contribution >= 0.6 is 0 Å². The van der Waals surface area contributed by atoms with E-state index in [0.29, 0.717) is 37.4 Å². The van der Waals surface area contributed by atoms with E-state index in [1.54, 1.807) is 24.9 Å². The Hall–Kier alpha value is -2.98. The second-order valence-corrected chi connectivity index (χ2v) is 8.18. The minimum absolute atomic E-state index is 0.0285. The lowest BCUT2D eigenvalue weighted by molar-refractivity contribution is -0.139. The number of ether oxygens (including phenoxy) is 2. The number of benzene rings is 1. The Bertz CT molecular complexity index is 937. The molecule has 0 aliphatic carbocycles. The molecule has 180 valence electrons. The van der Waals surface area contributed by atoms with Crippen LogP contribution in [0.5, 0.6) is 0 Å². The van der Waals surface area contributed by atoms with Crippen molar-refractivity contribution in [3.63, 3.8) is 0 Å². The van der Waals surface area contributed by atoms with Crippen LogP contribution in [0, 0.1) is 5.82 Å². The van der Waals surface area contributed by atoms with Gasteiger partial charge in [-0.25, -0.2) is 14.0 Å². The van der Waals surface area contributed by atoms with Crippen molar-refractivity contribution in [2.75, 3.05) is 53.6 Å². The number of hydrogen-bond donors (Lipinski definition) is 1. The van der Waals surface area contributed by atoms with E-state index in [-0.39, 0.29) is 30.7 Å². The van der Waals surface area contributed by atoms with Gasteiger partial charge in [-0.05, 0) is 31.5 Å². The van der Waals surface area contributed by atoms with Crippen LogP contribution in [0.3, 0.4) is 0 Å². The predicted molar refractivity (Wildman–Crippen MR) is 119 cm³/mol. The van der Waals surface area contributed by atoms with E-state index in [2.05, 4.69) is 10.2 Å². The number of amides is 3. The van der Waals surface area contributed by atoms with Crippen LogP contribution in [-0.4, -0.2) is 92.2 Å². The fourth-order valence-corrected chi connectivity index (χ4v) is 4.30. The Labute approximate surface area is 193 Å². The first kappa shape index (κ1) is 24.7. The molecule has 1 fully saturated rings. The van der Waals surface area contributed by atoms with E-state index in [4.69, 9.17) is 9.47 Å². The summed E-state index contributed by atoms with van der Waals surface area (Å²) in [7, 11) is 3.08. The number of piperazine rings is 1. The average molecular weight is 463 g/mol. The first-order valence-electron chi connectivity index (χ1n) is 11.0. The lowest BCUT2D eigenvalue weighted by Crippen LogP contribution is -2.56. The van der Waals surface area contributed by atoms with Gasteiger partial charge in [0.25, 0.3) is 0 Å². The Morgan fingerprint density at radius 1 is 1.27 bits per heavy atom. The molecule has 3 rings (SSSR count). The second kappa shape index (κ2) is 10.8. The lowest BCUT2D eigenvalue weighted by atomic mass is 9.94. The molecule has 2 aliphatic rings. The predicted octanol–water partition coefficient (Wildman–Crippen LogP) is 1.52. The van der Waals surface area contributed by atoms with Gasteiger partial charge in [0, 0.05) is 52.1 Å². The zero-order valence-electron chi connectivity index (χ0n) is 19.5. The molecule has 0 bridgehead atoms. The minimum atomic E-state index is -0.833. The number of esters is 1. The fraction of sp³-hybridized carbons (Fsp3) is 0.522. The summed E-state index contributed by atoms with van der Waals surface area (Å²) >= 11 is 0. The summed E-state index contributed by atoms with van der Waals surface area (Å²) in [5.74, 6) is -1.09. The molecule has 33 heavy (non-hydrogen) atoms. The highest BCUT2D eigenvalue weighted by Crippen LogP contribution is 2.32. The average Bonchev–Trinajstić information content (AvgIpc) is 2.77. The van der Waals surface area contributed by atoms with Gasteiger partial charge in [-0.1, -0.05) is 12.1 Å². The molecule has 2 heterocycles. The molecular formula is C23H31FN4O5. The van der Waals surface area contributed by atoms with Gasteiger partial charge >= 0.3 is 12.0 Å². The molecule has 1 saturated heterocycles. The highest BCUT2D eigenvalue weighted by molar-refractivity contribution is 5.95. The molecule has 0 radical (unpaired) electrons. The van der Waals surface area contributed by atoms with E-state index in [1.807, 2.05) is 6.92 Å². The molecule has 9 nitrogen and oxygen atoms in total. The molecule has 3 amide bonds. The number of methoxy groups -OCH3 is 1. The molecule has 0 aromatic heterocycles. The van der Waals surface area contributed by atoms with E-state index in [1.165, 1.54) is 30.2 Å². The Morgan fingerprint density at radius 2 is 2.03 bits per heavy atom. The number of hydrogen-bond acceptors (Lipinski definition) is 6. The largest absolute Gasteiger partial charge is 0.463 e. The summed E-state index contributed by atoms with van der Waals surface area (Å²) in [6, 6.07) is 4.52. The summed E-state index contributed by atoms with van der Waals surface area (Å²) in [5.41, 5.74) is 1.23. The van der Waals surface area contributed by atoms with E-state index >= 15 is 0 Å². The van der Waals surface area contributed by atoms with Crippen LogP contribution in [0.4, 0.5) is 9.18 Å². The lowest BCUT2D eigenvalue weighted by Gasteiger charge is -2.42. The fourth-order valence-electron chi connectivity index (χ4n) is 4.30. The number of carbonyl (C=O) groups excluding carboxylic acids is 3. The van der Waals surface area contributed by atoms with Crippen molar-refractivity contribution >= 4 is 17.9 Å². The molecule has 1 N–H and O–H groups in total. The molecule has 10 heteroatoms. The summed E-state index contributed by atoms with van der Waals surface area (Å²) in [6.07, 6.45) is 0. The third kappa shape index (κ3) is 5.51.